The molecule has 0 N–H and O–H groups in total. The van der Waals surface area contributed by atoms with Gasteiger partial charge in [0.15, 0.2) is 0 Å². The summed E-state index contributed by atoms with van der Waals surface area (Å²) >= 11 is 1.93. The lowest BCUT2D eigenvalue weighted by molar-refractivity contribution is 0.356. The first kappa shape index (κ1) is 21.0. The Labute approximate surface area is 175 Å². The second kappa shape index (κ2) is 8.78. The summed E-state index contributed by atoms with van der Waals surface area (Å²) in [6, 6.07) is 13.2. The third kappa shape index (κ3) is 5.03. The van der Waals surface area contributed by atoms with Gasteiger partial charge in [0, 0.05) is 10.8 Å². The van der Waals surface area contributed by atoms with Gasteiger partial charge in [-0.1, -0.05) is 69.6 Å². The molecule has 1 aliphatic carbocycles. The molecule has 0 radical (unpaired) electrons. The minimum atomic E-state index is 0.426. The number of unbranched alkanes of at least 4 members (excludes halogenated alkanes) is 1. The summed E-state index contributed by atoms with van der Waals surface area (Å²) in [5.41, 5.74) is 6.07. The largest absolute Gasteiger partial charge is 0.497 e. The lowest BCUT2D eigenvalue weighted by Gasteiger charge is -2.20. The fraction of sp³-hybridized carbons (Fsp3) is 0.462. The predicted molar refractivity (Wildman–Crippen MR) is 123 cm³/mol. The molecular weight excluding hydrogens is 360 g/mol. The first-order valence-corrected chi connectivity index (χ1v) is 11.2. The fourth-order valence-corrected chi connectivity index (χ4v) is 5.17. The number of hydrogen-bond donors (Lipinski definition) is 0. The standard InChI is InChI=1S/C26H34OS/c1-18-10-9-12-21-22(11-7-8-15-26(3,4)5)25(17-23(18)21)28-24-16-20(27-6)14-13-19(24)2/h9-10,12-14,16-17,22H,7-8,11,15H2,1-6H3. The van der Waals surface area contributed by atoms with Crippen LogP contribution in [-0.4, -0.2) is 7.11 Å². The molecule has 28 heavy (non-hydrogen) atoms. The van der Waals surface area contributed by atoms with Crippen LogP contribution in [0.3, 0.4) is 0 Å². The van der Waals surface area contributed by atoms with E-state index < -0.39 is 0 Å². The normalized spacial score (nSPS) is 16.1. The number of fused-ring (bicyclic) bond motifs is 1. The number of benzene rings is 2. The van der Waals surface area contributed by atoms with E-state index in [1.807, 2.05) is 17.8 Å². The number of ether oxygens (including phenoxy) is 1. The van der Waals surface area contributed by atoms with E-state index in [4.69, 9.17) is 4.74 Å². The van der Waals surface area contributed by atoms with Crippen molar-refractivity contribution in [3.63, 3.8) is 0 Å². The van der Waals surface area contributed by atoms with Crippen LogP contribution in [0.2, 0.25) is 0 Å². The molecule has 0 heterocycles. The van der Waals surface area contributed by atoms with Crippen molar-refractivity contribution in [2.24, 2.45) is 5.41 Å². The highest BCUT2D eigenvalue weighted by Crippen LogP contribution is 2.49. The van der Waals surface area contributed by atoms with Crippen molar-refractivity contribution in [2.75, 3.05) is 7.11 Å². The van der Waals surface area contributed by atoms with E-state index in [0.29, 0.717) is 11.3 Å². The Hall–Kier alpha value is -1.67. The van der Waals surface area contributed by atoms with Gasteiger partial charge >= 0.3 is 0 Å². The number of hydrogen-bond acceptors (Lipinski definition) is 2. The van der Waals surface area contributed by atoms with Crippen LogP contribution in [0.5, 0.6) is 5.75 Å². The lowest BCUT2D eigenvalue weighted by atomic mass is 9.87. The van der Waals surface area contributed by atoms with E-state index >= 15 is 0 Å². The summed E-state index contributed by atoms with van der Waals surface area (Å²) in [5, 5.41) is 0. The third-order valence-corrected chi connectivity index (χ3v) is 6.95. The van der Waals surface area contributed by atoms with Crippen LogP contribution < -0.4 is 4.74 Å². The summed E-state index contributed by atoms with van der Waals surface area (Å²) in [5.74, 6) is 1.45. The lowest BCUT2D eigenvalue weighted by Crippen LogP contribution is -2.05. The first-order valence-electron chi connectivity index (χ1n) is 10.4. The molecule has 0 spiro atoms. The number of rotatable bonds is 7. The van der Waals surface area contributed by atoms with Gasteiger partial charge in [0.1, 0.15) is 5.75 Å². The number of aryl methyl sites for hydroxylation is 2. The minimum Gasteiger partial charge on any atom is -0.497 e. The second-order valence-corrected chi connectivity index (χ2v) is 10.3. The first-order chi connectivity index (χ1) is 13.3. The molecule has 0 saturated heterocycles. The monoisotopic (exact) mass is 394 g/mol. The van der Waals surface area contributed by atoms with Crippen molar-refractivity contribution in [2.45, 2.75) is 71.1 Å². The highest BCUT2D eigenvalue weighted by molar-refractivity contribution is 8.03. The van der Waals surface area contributed by atoms with Gasteiger partial charge < -0.3 is 4.74 Å². The molecule has 0 bridgehead atoms. The van der Waals surface area contributed by atoms with Crippen LogP contribution in [0, 0.1) is 19.3 Å². The van der Waals surface area contributed by atoms with Crippen molar-refractivity contribution in [1.82, 2.24) is 0 Å². The Morgan fingerprint density at radius 3 is 2.50 bits per heavy atom. The highest BCUT2D eigenvalue weighted by Gasteiger charge is 2.27. The molecule has 0 saturated carbocycles. The van der Waals surface area contributed by atoms with Crippen LogP contribution in [0.4, 0.5) is 0 Å². The summed E-state index contributed by atoms with van der Waals surface area (Å²) in [6.07, 6.45) is 7.54. The van der Waals surface area contributed by atoms with Crippen molar-refractivity contribution in [3.8, 4) is 5.75 Å². The molecule has 150 valence electrons. The van der Waals surface area contributed by atoms with Crippen molar-refractivity contribution in [3.05, 3.63) is 63.6 Å². The number of methoxy groups -OCH3 is 1. The average molecular weight is 395 g/mol. The van der Waals surface area contributed by atoms with Crippen LogP contribution in [0.25, 0.3) is 6.08 Å². The zero-order valence-electron chi connectivity index (χ0n) is 18.3. The molecule has 3 rings (SSSR count). The van der Waals surface area contributed by atoms with E-state index in [0.717, 1.165) is 5.75 Å². The Balaban J connectivity index is 1.81. The SMILES string of the molecule is COc1ccc(C)c(SC2=Cc3c(C)cccc3C2CCCCC(C)(C)C)c1. The molecule has 0 fully saturated rings. The summed E-state index contributed by atoms with van der Waals surface area (Å²) < 4.78 is 5.46. The maximum absolute atomic E-state index is 5.46. The van der Waals surface area contributed by atoms with Crippen LogP contribution >= 0.6 is 11.8 Å². The molecule has 0 aromatic heterocycles. The van der Waals surface area contributed by atoms with Gasteiger partial charge in [0.2, 0.25) is 0 Å². The topological polar surface area (TPSA) is 9.23 Å². The zero-order chi connectivity index (χ0) is 20.3. The summed E-state index contributed by atoms with van der Waals surface area (Å²) in [6.45, 7) is 11.4. The Morgan fingerprint density at radius 1 is 1.00 bits per heavy atom. The molecule has 0 aliphatic heterocycles. The van der Waals surface area contributed by atoms with Crippen molar-refractivity contribution < 1.29 is 4.74 Å². The molecule has 1 unspecified atom stereocenters. The van der Waals surface area contributed by atoms with Gasteiger partial charge in [-0.3, -0.25) is 0 Å². The highest BCUT2D eigenvalue weighted by atomic mass is 32.2. The predicted octanol–water partition coefficient (Wildman–Crippen LogP) is 8.15. The smallest absolute Gasteiger partial charge is 0.120 e. The van der Waals surface area contributed by atoms with Crippen molar-refractivity contribution in [1.29, 1.82) is 0 Å². The van der Waals surface area contributed by atoms with Crippen LogP contribution in [-0.2, 0) is 0 Å². The molecule has 2 heteroatoms. The third-order valence-electron chi connectivity index (χ3n) is 5.66. The second-order valence-electron chi connectivity index (χ2n) is 9.22. The fourth-order valence-electron chi connectivity index (χ4n) is 3.95. The maximum atomic E-state index is 5.46. The minimum absolute atomic E-state index is 0.426. The van der Waals surface area contributed by atoms with E-state index in [-0.39, 0.29) is 0 Å². The van der Waals surface area contributed by atoms with E-state index in [1.54, 1.807) is 7.11 Å². The average Bonchev–Trinajstić information content (AvgIpc) is 2.98. The van der Waals surface area contributed by atoms with E-state index in [1.165, 1.54) is 57.7 Å². The molecule has 2 aromatic rings. The van der Waals surface area contributed by atoms with E-state index in [9.17, 15) is 0 Å². The van der Waals surface area contributed by atoms with Crippen LogP contribution in [0.1, 0.15) is 74.6 Å². The molecule has 2 aromatic carbocycles. The number of thioether (sulfide) groups is 1. The maximum Gasteiger partial charge on any atom is 0.120 e. The van der Waals surface area contributed by atoms with E-state index in [2.05, 4.69) is 71.0 Å². The molecule has 0 amide bonds. The van der Waals surface area contributed by atoms with Gasteiger partial charge in [-0.05, 0) is 77.5 Å². The molecule has 1 aliphatic rings. The number of allylic oxidation sites excluding steroid dienone is 1. The van der Waals surface area contributed by atoms with Gasteiger partial charge in [-0.25, -0.2) is 0 Å². The quantitative estimate of drug-likeness (QED) is 0.438. The van der Waals surface area contributed by atoms with Gasteiger partial charge in [0.25, 0.3) is 0 Å². The summed E-state index contributed by atoms with van der Waals surface area (Å²) in [7, 11) is 1.74. The Bertz CT molecular complexity index is 857. The molecule has 1 nitrogen and oxygen atoms in total. The Morgan fingerprint density at radius 2 is 1.79 bits per heavy atom. The van der Waals surface area contributed by atoms with Gasteiger partial charge in [-0.2, -0.15) is 0 Å². The molecular formula is C26H34OS. The molecule has 1 atom stereocenters. The Kier molecular flexibility index (Phi) is 6.60. The van der Waals surface area contributed by atoms with Crippen molar-refractivity contribution >= 4 is 17.8 Å². The summed E-state index contributed by atoms with van der Waals surface area (Å²) in [4.78, 5) is 2.78. The van der Waals surface area contributed by atoms with Gasteiger partial charge in [0.05, 0.1) is 7.11 Å². The van der Waals surface area contributed by atoms with Gasteiger partial charge in [-0.15, -0.1) is 0 Å². The van der Waals surface area contributed by atoms with Crippen LogP contribution in [0.15, 0.2) is 46.2 Å². The zero-order valence-corrected chi connectivity index (χ0v) is 19.1.